The molecule has 2 N–H and O–H groups in total. The number of anilines is 1. The van der Waals surface area contributed by atoms with E-state index in [2.05, 4.69) is 34.1 Å². The minimum absolute atomic E-state index is 0.0232. The Morgan fingerprint density at radius 2 is 1.77 bits per heavy atom. The van der Waals surface area contributed by atoms with Crippen LogP contribution in [0.1, 0.15) is 15.9 Å². The standard InChI is InChI=1S/C17H20N4O/c18-16-15(7-4-8-19-16)17(22)21-11-9-20(10-12-21)13-14-5-2-1-3-6-14/h1-8H,9-13H2,(H2,18,19). The Bertz CT molecular complexity index is 636. The van der Waals surface area contributed by atoms with Crippen LogP contribution in [0.4, 0.5) is 5.82 Å². The molecule has 0 unspecified atom stereocenters. The molecule has 3 rings (SSSR count). The van der Waals surface area contributed by atoms with Crippen molar-refractivity contribution < 1.29 is 4.79 Å². The lowest BCUT2D eigenvalue weighted by Crippen LogP contribution is -2.48. The first kappa shape index (κ1) is 14.5. The fourth-order valence-electron chi connectivity index (χ4n) is 2.72. The zero-order valence-corrected chi connectivity index (χ0v) is 12.5. The molecular formula is C17H20N4O. The van der Waals surface area contributed by atoms with Gasteiger partial charge in [-0.15, -0.1) is 0 Å². The number of pyridine rings is 1. The number of carbonyl (C=O) groups is 1. The van der Waals surface area contributed by atoms with E-state index in [0.29, 0.717) is 11.4 Å². The molecule has 0 saturated carbocycles. The highest BCUT2D eigenvalue weighted by atomic mass is 16.2. The van der Waals surface area contributed by atoms with E-state index < -0.39 is 0 Å². The van der Waals surface area contributed by atoms with Gasteiger partial charge in [0.2, 0.25) is 0 Å². The lowest BCUT2D eigenvalue weighted by atomic mass is 10.1. The number of carbonyl (C=O) groups excluding carboxylic acids is 1. The summed E-state index contributed by atoms with van der Waals surface area (Å²) in [4.78, 5) is 20.7. The molecule has 0 bridgehead atoms. The first-order valence-corrected chi connectivity index (χ1v) is 7.50. The second-order valence-electron chi connectivity index (χ2n) is 5.49. The van der Waals surface area contributed by atoms with E-state index in [4.69, 9.17) is 5.73 Å². The second-order valence-corrected chi connectivity index (χ2v) is 5.49. The van der Waals surface area contributed by atoms with Gasteiger partial charge in [0, 0.05) is 38.9 Å². The number of rotatable bonds is 3. The van der Waals surface area contributed by atoms with Crippen molar-refractivity contribution in [2.24, 2.45) is 0 Å². The van der Waals surface area contributed by atoms with E-state index in [-0.39, 0.29) is 5.91 Å². The lowest BCUT2D eigenvalue weighted by molar-refractivity contribution is 0.0629. The quantitative estimate of drug-likeness (QED) is 0.935. The molecule has 0 radical (unpaired) electrons. The van der Waals surface area contributed by atoms with Crippen molar-refractivity contribution in [3.8, 4) is 0 Å². The third-order valence-electron chi connectivity index (χ3n) is 3.98. The van der Waals surface area contributed by atoms with Crippen molar-refractivity contribution in [3.63, 3.8) is 0 Å². The molecule has 0 spiro atoms. The van der Waals surface area contributed by atoms with Crippen LogP contribution in [0.5, 0.6) is 0 Å². The zero-order chi connectivity index (χ0) is 15.4. The fourth-order valence-corrected chi connectivity index (χ4v) is 2.72. The van der Waals surface area contributed by atoms with Gasteiger partial charge in [0.25, 0.3) is 5.91 Å². The maximum atomic E-state index is 12.5. The van der Waals surface area contributed by atoms with Crippen LogP contribution in [0.15, 0.2) is 48.7 Å². The summed E-state index contributed by atoms with van der Waals surface area (Å²) in [5.74, 6) is 0.282. The number of benzene rings is 1. The van der Waals surface area contributed by atoms with Gasteiger partial charge in [0.15, 0.2) is 0 Å². The van der Waals surface area contributed by atoms with Crippen molar-refractivity contribution in [2.75, 3.05) is 31.9 Å². The Hall–Kier alpha value is -2.40. The monoisotopic (exact) mass is 296 g/mol. The summed E-state index contributed by atoms with van der Waals surface area (Å²) in [5, 5.41) is 0. The smallest absolute Gasteiger partial charge is 0.257 e. The molecule has 5 heteroatoms. The summed E-state index contributed by atoms with van der Waals surface area (Å²) >= 11 is 0. The van der Waals surface area contributed by atoms with Gasteiger partial charge in [-0.05, 0) is 17.7 Å². The molecule has 1 fully saturated rings. The molecule has 1 aromatic carbocycles. The number of hydrogen-bond donors (Lipinski definition) is 1. The van der Waals surface area contributed by atoms with Gasteiger partial charge in [-0.1, -0.05) is 30.3 Å². The van der Waals surface area contributed by atoms with Crippen LogP contribution in [0.2, 0.25) is 0 Å². The van der Waals surface area contributed by atoms with Gasteiger partial charge in [-0.3, -0.25) is 9.69 Å². The van der Waals surface area contributed by atoms with Crippen molar-refractivity contribution >= 4 is 11.7 Å². The van der Waals surface area contributed by atoms with Crippen LogP contribution in [0.3, 0.4) is 0 Å². The second kappa shape index (κ2) is 6.58. The molecule has 0 atom stereocenters. The van der Waals surface area contributed by atoms with Crippen LogP contribution in [0, 0.1) is 0 Å². The van der Waals surface area contributed by atoms with Gasteiger partial charge in [-0.2, -0.15) is 0 Å². The maximum Gasteiger partial charge on any atom is 0.257 e. The molecule has 0 aliphatic carbocycles. The van der Waals surface area contributed by atoms with Gasteiger partial charge < -0.3 is 10.6 Å². The summed E-state index contributed by atoms with van der Waals surface area (Å²) < 4.78 is 0. The largest absolute Gasteiger partial charge is 0.383 e. The fraction of sp³-hybridized carbons (Fsp3) is 0.294. The van der Waals surface area contributed by atoms with E-state index in [1.54, 1.807) is 18.3 Å². The molecule has 1 aromatic heterocycles. The molecule has 1 aliphatic heterocycles. The van der Waals surface area contributed by atoms with Crippen molar-refractivity contribution in [1.29, 1.82) is 0 Å². The number of nitrogens with zero attached hydrogens (tertiary/aromatic N) is 3. The van der Waals surface area contributed by atoms with Crippen molar-refractivity contribution in [3.05, 3.63) is 59.8 Å². The summed E-state index contributed by atoms with van der Waals surface area (Å²) in [5.41, 5.74) is 7.59. The number of hydrogen-bond acceptors (Lipinski definition) is 4. The first-order valence-electron chi connectivity index (χ1n) is 7.50. The Morgan fingerprint density at radius 3 is 2.45 bits per heavy atom. The maximum absolute atomic E-state index is 12.5. The number of amides is 1. The van der Waals surface area contributed by atoms with E-state index >= 15 is 0 Å². The molecule has 1 aliphatic rings. The van der Waals surface area contributed by atoms with Crippen LogP contribution >= 0.6 is 0 Å². The molecule has 1 amide bonds. The average Bonchev–Trinajstić information content (AvgIpc) is 2.56. The highest BCUT2D eigenvalue weighted by Gasteiger charge is 2.23. The van der Waals surface area contributed by atoms with Gasteiger partial charge >= 0.3 is 0 Å². The van der Waals surface area contributed by atoms with Crippen molar-refractivity contribution in [2.45, 2.75) is 6.54 Å². The van der Waals surface area contributed by atoms with Crippen LogP contribution in [0.25, 0.3) is 0 Å². The van der Waals surface area contributed by atoms with Crippen molar-refractivity contribution in [1.82, 2.24) is 14.8 Å². The Kier molecular flexibility index (Phi) is 4.34. The number of aromatic nitrogens is 1. The molecule has 2 heterocycles. The summed E-state index contributed by atoms with van der Waals surface area (Å²) in [7, 11) is 0. The Balaban J connectivity index is 1.58. The normalized spacial score (nSPS) is 15.7. The highest BCUT2D eigenvalue weighted by Crippen LogP contribution is 2.14. The average molecular weight is 296 g/mol. The summed E-state index contributed by atoms with van der Waals surface area (Å²) in [6, 6.07) is 13.9. The minimum Gasteiger partial charge on any atom is -0.383 e. The summed E-state index contributed by atoms with van der Waals surface area (Å²) in [6.45, 7) is 4.12. The Morgan fingerprint density at radius 1 is 1.05 bits per heavy atom. The van der Waals surface area contributed by atoms with Crippen LogP contribution in [-0.4, -0.2) is 46.9 Å². The lowest BCUT2D eigenvalue weighted by Gasteiger charge is -2.34. The third-order valence-corrected chi connectivity index (χ3v) is 3.98. The molecule has 1 saturated heterocycles. The van der Waals surface area contributed by atoms with Crippen LogP contribution in [-0.2, 0) is 6.54 Å². The van der Waals surface area contributed by atoms with E-state index in [9.17, 15) is 4.79 Å². The predicted molar refractivity (Wildman–Crippen MR) is 86.3 cm³/mol. The zero-order valence-electron chi connectivity index (χ0n) is 12.5. The first-order chi connectivity index (χ1) is 10.7. The van der Waals surface area contributed by atoms with Gasteiger partial charge in [0.1, 0.15) is 5.82 Å². The predicted octanol–water partition coefficient (Wildman–Crippen LogP) is 1.62. The minimum atomic E-state index is -0.0232. The number of nitrogens with two attached hydrogens (primary N) is 1. The van der Waals surface area contributed by atoms with E-state index in [1.807, 2.05) is 11.0 Å². The molecule has 22 heavy (non-hydrogen) atoms. The Labute approximate surface area is 130 Å². The topological polar surface area (TPSA) is 62.5 Å². The van der Waals surface area contributed by atoms with Crippen LogP contribution < -0.4 is 5.73 Å². The molecular weight excluding hydrogens is 276 g/mol. The number of nitrogen functional groups attached to an aromatic ring is 1. The number of piperazine rings is 1. The molecule has 2 aromatic rings. The van der Waals surface area contributed by atoms with E-state index in [1.165, 1.54) is 5.56 Å². The van der Waals surface area contributed by atoms with E-state index in [0.717, 1.165) is 32.7 Å². The molecule has 5 nitrogen and oxygen atoms in total. The highest BCUT2D eigenvalue weighted by molar-refractivity contribution is 5.98. The third kappa shape index (κ3) is 3.26. The summed E-state index contributed by atoms with van der Waals surface area (Å²) in [6.07, 6.45) is 1.60. The van der Waals surface area contributed by atoms with Gasteiger partial charge in [0.05, 0.1) is 5.56 Å². The SMILES string of the molecule is Nc1ncccc1C(=O)N1CCN(Cc2ccccc2)CC1. The molecule has 114 valence electrons. The van der Waals surface area contributed by atoms with Gasteiger partial charge in [-0.25, -0.2) is 4.98 Å².